The predicted octanol–water partition coefficient (Wildman–Crippen LogP) is 2.57. The van der Waals surface area contributed by atoms with Gasteiger partial charge in [-0.25, -0.2) is 4.42 Å². The summed E-state index contributed by atoms with van der Waals surface area (Å²) in [5.74, 6) is 1.09. The minimum absolute atomic E-state index is 0.120. The van der Waals surface area contributed by atoms with E-state index in [2.05, 4.69) is 0 Å². The van der Waals surface area contributed by atoms with Crippen molar-refractivity contribution in [2.45, 2.75) is 52.0 Å². The van der Waals surface area contributed by atoms with Gasteiger partial charge >= 0.3 is 0 Å². The molecule has 0 radical (unpaired) electrons. The monoisotopic (exact) mass is 247 g/mol. The van der Waals surface area contributed by atoms with Crippen LogP contribution < -0.4 is 0 Å². The molecule has 0 aromatic heterocycles. The van der Waals surface area contributed by atoms with E-state index in [-0.39, 0.29) is 18.1 Å². The van der Waals surface area contributed by atoms with Gasteiger partial charge in [0, 0.05) is 25.3 Å². The summed E-state index contributed by atoms with van der Waals surface area (Å²) in [7, 11) is 0. The van der Waals surface area contributed by atoms with E-state index in [1.165, 1.54) is 24.2 Å². The van der Waals surface area contributed by atoms with Gasteiger partial charge in [0.15, 0.2) is 0 Å². The fraction of sp³-hybridized carbons (Fsp3) is 0.917. The molecule has 0 spiro atoms. The third kappa shape index (κ3) is 3.63. The first kappa shape index (κ1) is 13.8. The molecule has 1 N–H and O–H groups in total. The Morgan fingerprint density at radius 1 is 1.56 bits per heavy atom. The van der Waals surface area contributed by atoms with Crippen LogP contribution in [0.1, 0.15) is 46.5 Å². The van der Waals surface area contributed by atoms with E-state index in [4.69, 9.17) is 16.9 Å². The molecule has 0 aromatic rings. The zero-order valence-corrected chi connectivity index (χ0v) is 11.1. The summed E-state index contributed by atoms with van der Waals surface area (Å²) < 4.78 is 1.29. The van der Waals surface area contributed by atoms with Crippen LogP contribution in [0.5, 0.6) is 0 Å². The fourth-order valence-electron chi connectivity index (χ4n) is 2.39. The number of hydrogen-bond donors (Lipinski definition) is 1. The molecule has 1 atom stereocenters. The molecule has 1 rings (SSSR count). The number of hydrogen-bond acceptors (Lipinski definition) is 2. The molecule has 1 unspecified atom stereocenters. The van der Waals surface area contributed by atoms with Gasteiger partial charge in [-0.3, -0.25) is 4.79 Å². The summed E-state index contributed by atoms with van der Waals surface area (Å²) in [6.45, 7) is 5.66. The normalized spacial score (nSPS) is 18.3. The van der Waals surface area contributed by atoms with Gasteiger partial charge in [0.2, 0.25) is 5.91 Å². The highest BCUT2D eigenvalue weighted by Crippen LogP contribution is 2.43. The standard InChI is InChI=1S/C12H22ClNO2/c1-9(16)14(13)12(2,3)8-11(6-7-15)10-4-5-10/h10-11,15H,4-8H2,1-3H3. The summed E-state index contributed by atoms with van der Waals surface area (Å²) in [5, 5.41) is 9.04. The lowest BCUT2D eigenvalue weighted by atomic mass is 9.85. The highest BCUT2D eigenvalue weighted by Gasteiger charge is 2.37. The fourth-order valence-corrected chi connectivity index (χ4v) is 2.45. The third-order valence-corrected chi connectivity index (χ3v) is 4.05. The van der Waals surface area contributed by atoms with Gasteiger partial charge in [0.1, 0.15) is 0 Å². The molecule has 1 saturated carbocycles. The molecule has 0 aromatic carbocycles. The van der Waals surface area contributed by atoms with Gasteiger partial charge in [-0.05, 0) is 51.4 Å². The molecular formula is C12H22ClNO2. The van der Waals surface area contributed by atoms with Crippen molar-refractivity contribution in [3.05, 3.63) is 0 Å². The number of carbonyl (C=O) groups excluding carboxylic acids is 1. The molecule has 16 heavy (non-hydrogen) atoms. The van der Waals surface area contributed by atoms with Crippen LogP contribution in [-0.2, 0) is 4.79 Å². The number of halogens is 1. The van der Waals surface area contributed by atoms with Crippen molar-refractivity contribution in [2.75, 3.05) is 6.61 Å². The van der Waals surface area contributed by atoms with Crippen LogP contribution in [-0.4, -0.2) is 27.6 Å². The second kappa shape index (κ2) is 5.37. The lowest BCUT2D eigenvalue weighted by Crippen LogP contribution is -2.42. The first-order valence-corrected chi connectivity index (χ1v) is 6.29. The molecule has 1 aliphatic carbocycles. The van der Waals surface area contributed by atoms with Crippen molar-refractivity contribution in [1.29, 1.82) is 0 Å². The van der Waals surface area contributed by atoms with Crippen molar-refractivity contribution in [3.8, 4) is 0 Å². The number of aliphatic hydroxyl groups is 1. The maximum Gasteiger partial charge on any atom is 0.234 e. The average Bonchev–Trinajstić information content (AvgIpc) is 2.98. The zero-order valence-electron chi connectivity index (χ0n) is 10.4. The summed E-state index contributed by atoms with van der Waals surface area (Å²) in [6, 6.07) is 0. The van der Waals surface area contributed by atoms with Crippen LogP contribution in [0.25, 0.3) is 0 Å². The zero-order chi connectivity index (χ0) is 12.3. The molecule has 1 amide bonds. The highest BCUT2D eigenvalue weighted by atomic mass is 35.5. The largest absolute Gasteiger partial charge is 0.396 e. The van der Waals surface area contributed by atoms with E-state index < -0.39 is 0 Å². The Balaban J connectivity index is 2.57. The van der Waals surface area contributed by atoms with E-state index in [0.29, 0.717) is 5.92 Å². The van der Waals surface area contributed by atoms with Crippen molar-refractivity contribution >= 4 is 17.7 Å². The minimum atomic E-state index is -0.337. The van der Waals surface area contributed by atoms with Crippen LogP contribution >= 0.6 is 11.8 Å². The van der Waals surface area contributed by atoms with Crippen molar-refractivity contribution in [1.82, 2.24) is 4.42 Å². The Kier molecular flexibility index (Phi) is 4.62. The highest BCUT2D eigenvalue weighted by molar-refractivity contribution is 6.21. The van der Waals surface area contributed by atoms with Crippen molar-refractivity contribution in [3.63, 3.8) is 0 Å². The maximum absolute atomic E-state index is 11.3. The van der Waals surface area contributed by atoms with Crippen LogP contribution in [0.3, 0.4) is 0 Å². The number of aliphatic hydroxyl groups excluding tert-OH is 1. The molecule has 0 aliphatic heterocycles. The minimum Gasteiger partial charge on any atom is -0.396 e. The summed E-state index contributed by atoms with van der Waals surface area (Å²) in [6.07, 6.45) is 4.18. The van der Waals surface area contributed by atoms with E-state index in [1.54, 1.807) is 0 Å². The first-order chi connectivity index (χ1) is 7.38. The van der Waals surface area contributed by atoms with Crippen molar-refractivity contribution in [2.24, 2.45) is 11.8 Å². The van der Waals surface area contributed by atoms with Gasteiger partial charge in [-0.15, -0.1) is 0 Å². The van der Waals surface area contributed by atoms with Crippen LogP contribution in [0.15, 0.2) is 0 Å². The quantitative estimate of drug-likeness (QED) is 0.733. The van der Waals surface area contributed by atoms with E-state index in [0.717, 1.165) is 18.8 Å². The second-order valence-corrected chi connectivity index (χ2v) is 5.76. The van der Waals surface area contributed by atoms with Gasteiger partial charge < -0.3 is 5.11 Å². The van der Waals surface area contributed by atoms with Gasteiger partial charge in [0.25, 0.3) is 0 Å². The Morgan fingerprint density at radius 3 is 2.50 bits per heavy atom. The van der Waals surface area contributed by atoms with E-state index >= 15 is 0 Å². The molecule has 0 heterocycles. The van der Waals surface area contributed by atoms with Crippen LogP contribution in [0, 0.1) is 11.8 Å². The van der Waals surface area contributed by atoms with E-state index in [1.807, 2.05) is 13.8 Å². The number of nitrogens with zero attached hydrogens (tertiary/aromatic N) is 1. The molecule has 0 bridgehead atoms. The molecule has 4 heteroatoms. The molecule has 1 fully saturated rings. The second-order valence-electron chi connectivity index (χ2n) is 5.43. The van der Waals surface area contributed by atoms with Gasteiger partial charge in [-0.1, -0.05) is 0 Å². The topological polar surface area (TPSA) is 40.5 Å². The number of amides is 1. The number of carbonyl (C=O) groups is 1. The average molecular weight is 248 g/mol. The first-order valence-electron chi connectivity index (χ1n) is 5.96. The summed E-state index contributed by atoms with van der Waals surface area (Å²) >= 11 is 6.00. The Hall–Kier alpha value is -0.280. The summed E-state index contributed by atoms with van der Waals surface area (Å²) in [5.41, 5.74) is -0.337. The van der Waals surface area contributed by atoms with Crippen molar-refractivity contribution < 1.29 is 9.90 Å². The maximum atomic E-state index is 11.3. The van der Waals surface area contributed by atoms with Crippen LogP contribution in [0.4, 0.5) is 0 Å². The Morgan fingerprint density at radius 2 is 2.12 bits per heavy atom. The van der Waals surface area contributed by atoms with E-state index in [9.17, 15) is 4.79 Å². The smallest absolute Gasteiger partial charge is 0.234 e. The molecule has 3 nitrogen and oxygen atoms in total. The third-order valence-electron chi connectivity index (χ3n) is 3.36. The van der Waals surface area contributed by atoms with Crippen LogP contribution in [0.2, 0.25) is 0 Å². The van der Waals surface area contributed by atoms with Gasteiger partial charge in [-0.2, -0.15) is 0 Å². The lowest BCUT2D eigenvalue weighted by molar-refractivity contribution is -0.128. The van der Waals surface area contributed by atoms with Gasteiger partial charge in [0.05, 0.1) is 5.54 Å². The SMILES string of the molecule is CC(=O)N(Cl)C(C)(C)CC(CCO)C1CC1. The molecule has 0 saturated heterocycles. The molecule has 1 aliphatic rings. The molecule has 94 valence electrons. The molecular weight excluding hydrogens is 226 g/mol. The Labute approximate surface area is 103 Å². The predicted molar refractivity (Wildman–Crippen MR) is 65.0 cm³/mol. The lowest BCUT2D eigenvalue weighted by Gasteiger charge is -2.35. The number of rotatable bonds is 6. The Bertz CT molecular complexity index is 251. The summed E-state index contributed by atoms with van der Waals surface area (Å²) in [4.78, 5) is 11.3.